The van der Waals surface area contributed by atoms with Crippen molar-refractivity contribution in [3.05, 3.63) is 35.4 Å². The smallest absolute Gasteiger partial charge is 0.129 e. The van der Waals surface area contributed by atoms with E-state index in [0.717, 1.165) is 18.9 Å². The van der Waals surface area contributed by atoms with E-state index in [4.69, 9.17) is 5.73 Å². The van der Waals surface area contributed by atoms with Gasteiger partial charge in [0, 0.05) is 11.6 Å². The molecule has 1 fully saturated rings. The van der Waals surface area contributed by atoms with Gasteiger partial charge < -0.3 is 5.73 Å². The molecule has 0 bridgehead atoms. The van der Waals surface area contributed by atoms with Crippen molar-refractivity contribution in [2.24, 2.45) is 23.5 Å². The van der Waals surface area contributed by atoms with Gasteiger partial charge in [-0.15, -0.1) is 0 Å². The lowest BCUT2D eigenvalue weighted by atomic mass is 9.63. The highest BCUT2D eigenvalue weighted by Gasteiger charge is 2.41. The summed E-state index contributed by atoms with van der Waals surface area (Å²) in [6.07, 6.45) is 3.69. The molecular weight excluding hydrogens is 256 g/mol. The maximum atomic E-state index is 13.9. The van der Waals surface area contributed by atoms with Crippen LogP contribution in [0.5, 0.6) is 0 Å². The fraction of sp³-hybridized carbons (Fsp3) is 0.647. The Bertz CT molecular complexity index is 472. The molecule has 3 unspecified atom stereocenters. The molecule has 1 aromatic rings. The summed E-state index contributed by atoms with van der Waals surface area (Å²) in [5, 5.41) is 0. The Balaban J connectivity index is 2.26. The summed E-state index contributed by atoms with van der Waals surface area (Å²) in [7, 11) is 0. The van der Waals surface area contributed by atoms with Crippen LogP contribution in [0.3, 0.4) is 0 Å². The highest BCUT2D eigenvalue weighted by atomic mass is 19.1. The minimum absolute atomic E-state index is 0.384. The normalized spacial score (nSPS) is 30.8. The molecule has 0 radical (unpaired) electrons. The third-order valence-corrected chi connectivity index (χ3v) is 4.78. The van der Waals surface area contributed by atoms with Gasteiger partial charge in [-0.05, 0) is 48.6 Å². The molecule has 1 nitrogen and oxygen atoms in total. The van der Waals surface area contributed by atoms with Crippen LogP contribution in [-0.2, 0) is 6.42 Å². The third kappa shape index (κ3) is 3.20. The van der Waals surface area contributed by atoms with Crippen molar-refractivity contribution in [2.75, 3.05) is 0 Å². The molecule has 112 valence electrons. The monoisotopic (exact) mass is 281 g/mol. The molecule has 1 aromatic carbocycles. The van der Waals surface area contributed by atoms with Crippen LogP contribution in [0.15, 0.2) is 18.2 Å². The van der Waals surface area contributed by atoms with E-state index >= 15 is 0 Å². The van der Waals surface area contributed by atoms with Crippen molar-refractivity contribution in [1.82, 2.24) is 0 Å². The Morgan fingerprint density at radius 1 is 1.30 bits per heavy atom. The Labute approximate surface area is 120 Å². The van der Waals surface area contributed by atoms with Gasteiger partial charge >= 0.3 is 0 Å². The number of hydrogen-bond donors (Lipinski definition) is 1. The molecule has 0 aliphatic heterocycles. The molecule has 1 saturated carbocycles. The summed E-state index contributed by atoms with van der Waals surface area (Å²) < 4.78 is 26.9. The Kier molecular flexibility index (Phi) is 4.48. The van der Waals surface area contributed by atoms with Crippen LogP contribution >= 0.6 is 0 Å². The molecule has 0 heterocycles. The fourth-order valence-corrected chi connectivity index (χ4v) is 3.87. The zero-order chi connectivity index (χ0) is 14.9. The van der Waals surface area contributed by atoms with Gasteiger partial charge in [-0.3, -0.25) is 0 Å². The van der Waals surface area contributed by atoms with Crippen molar-refractivity contribution in [3.63, 3.8) is 0 Å². The van der Waals surface area contributed by atoms with E-state index in [0.29, 0.717) is 29.7 Å². The zero-order valence-corrected chi connectivity index (χ0v) is 12.6. The predicted octanol–water partition coefficient (Wildman–Crippen LogP) is 4.30. The Hall–Kier alpha value is -0.960. The summed E-state index contributed by atoms with van der Waals surface area (Å²) in [4.78, 5) is 0. The van der Waals surface area contributed by atoms with Gasteiger partial charge in [-0.1, -0.05) is 33.3 Å². The fourth-order valence-electron chi connectivity index (χ4n) is 3.87. The van der Waals surface area contributed by atoms with E-state index in [2.05, 4.69) is 20.8 Å². The van der Waals surface area contributed by atoms with Crippen molar-refractivity contribution in [1.29, 1.82) is 0 Å². The average Bonchev–Trinajstić information content (AvgIpc) is 2.32. The van der Waals surface area contributed by atoms with Crippen LogP contribution < -0.4 is 5.73 Å². The largest absolute Gasteiger partial charge is 0.325 e. The van der Waals surface area contributed by atoms with E-state index < -0.39 is 11.6 Å². The summed E-state index contributed by atoms with van der Waals surface area (Å²) in [5.41, 5.74) is 6.82. The van der Waals surface area contributed by atoms with E-state index in [1.807, 2.05) is 0 Å². The van der Waals surface area contributed by atoms with E-state index in [9.17, 15) is 8.78 Å². The first-order valence-electron chi connectivity index (χ1n) is 7.54. The number of benzene rings is 1. The van der Waals surface area contributed by atoms with Gasteiger partial charge in [0.15, 0.2) is 0 Å². The van der Waals surface area contributed by atoms with Crippen molar-refractivity contribution in [3.8, 4) is 0 Å². The lowest BCUT2D eigenvalue weighted by Gasteiger charge is -2.46. The highest BCUT2D eigenvalue weighted by Crippen LogP contribution is 2.41. The molecule has 1 aliphatic rings. The molecule has 0 spiro atoms. The van der Waals surface area contributed by atoms with Crippen LogP contribution in [0, 0.1) is 29.4 Å². The lowest BCUT2D eigenvalue weighted by molar-refractivity contribution is 0.108. The zero-order valence-electron chi connectivity index (χ0n) is 12.6. The highest BCUT2D eigenvalue weighted by molar-refractivity contribution is 5.22. The van der Waals surface area contributed by atoms with Crippen molar-refractivity contribution >= 4 is 0 Å². The standard InChI is InChI=1S/C17H25F2N/c1-11(2)15-7-4-12(3)9-17(15,20)10-13-5-6-14(18)8-16(13)19/h5-6,8,11-12,15H,4,7,9-10,20H2,1-3H3. The second-order valence-electron chi connectivity index (χ2n) is 6.88. The summed E-state index contributed by atoms with van der Waals surface area (Å²) in [6.45, 7) is 6.58. The molecule has 2 rings (SSSR count). The first-order chi connectivity index (χ1) is 9.32. The van der Waals surface area contributed by atoms with Crippen molar-refractivity contribution in [2.45, 2.75) is 52.0 Å². The molecule has 20 heavy (non-hydrogen) atoms. The predicted molar refractivity (Wildman–Crippen MR) is 78.3 cm³/mol. The average molecular weight is 281 g/mol. The molecule has 3 heteroatoms. The first-order valence-corrected chi connectivity index (χ1v) is 7.54. The topological polar surface area (TPSA) is 26.0 Å². The molecule has 0 saturated heterocycles. The number of halogens is 2. The molecule has 2 N–H and O–H groups in total. The molecule has 0 aromatic heterocycles. The molecular formula is C17H25F2N. The third-order valence-electron chi connectivity index (χ3n) is 4.78. The van der Waals surface area contributed by atoms with E-state index in [-0.39, 0.29) is 5.54 Å². The van der Waals surface area contributed by atoms with Crippen molar-refractivity contribution < 1.29 is 8.78 Å². The molecule has 1 aliphatic carbocycles. The summed E-state index contributed by atoms with van der Waals surface area (Å²) in [5.74, 6) is 0.433. The second kappa shape index (κ2) is 5.80. The van der Waals surface area contributed by atoms with Gasteiger partial charge in [0.05, 0.1) is 0 Å². The number of rotatable bonds is 3. The Morgan fingerprint density at radius 2 is 2.00 bits per heavy atom. The number of nitrogens with two attached hydrogens (primary N) is 1. The van der Waals surface area contributed by atoms with Crippen LogP contribution in [0.1, 0.15) is 45.6 Å². The van der Waals surface area contributed by atoms with Gasteiger partial charge in [0.2, 0.25) is 0 Å². The second-order valence-corrected chi connectivity index (χ2v) is 6.88. The quantitative estimate of drug-likeness (QED) is 0.878. The van der Waals surface area contributed by atoms with Gasteiger partial charge in [-0.2, -0.15) is 0 Å². The minimum atomic E-state index is -0.533. The first kappa shape index (κ1) is 15.4. The van der Waals surface area contributed by atoms with Crippen LogP contribution in [-0.4, -0.2) is 5.54 Å². The molecule has 3 atom stereocenters. The molecule has 0 amide bonds. The maximum Gasteiger partial charge on any atom is 0.129 e. The summed E-state index contributed by atoms with van der Waals surface area (Å²) >= 11 is 0. The van der Waals surface area contributed by atoms with Gasteiger partial charge in [-0.25, -0.2) is 8.78 Å². The van der Waals surface area contributed by atoms with Crippen LogP contribution in [0.25, 0.3) is 0 Å². The SMILES string of the molecule is CC1CCC(C(C)C)C(N)(Cc2ccc(F)cc2F)C1. The van der Waals surface area contributed by atoms with Crippen LogP contribution in [0.2, 0.25) is 0 Å². The van der Waals surface area contributed by atoms with Gasteiger partial charge in [0.25, 0.3) is 0 Å². The Morgan fingerprint density at radius 3 is 2.60 bits per heavy atom. The minimum Gasteiger partial charge on any atom is -0.325 e. The summed E-state index contributed by atoms with van der Waals surface area (Å²) in [6, 6.07) is 3.81. The van der Waals surface area contributed by atoms with Gasteiger partial charge in [0.1, 0.15) is 11.6 Å². The maximum absolute atomic E-state index is 13.9. The van der Waals surface area contributed by atoms with E-state index in [1.165, 1.54) is 18.6 Å². The lowest BCUT2D eigenvalue weighted by Crippen LogP contribution is -2.54. The van der Waals surface area contributed by atoms with E-state index in [1.54, 1.807) is 0 Å². The number of hydrogen-bond acceptors (Lipinski definition) is 1. The van der Waals surface area contributed by atoms with Crippen LogP contribution in [0.4, 0.5) is 8.78 Å².